The Morgan fingerprint density at radius 3 is 1.48 bits per heavy atom. The van der Waals surface area contributed by atoms with Gasteiger partial charge in [-0.2, -0.15) is 0 Å². The maximum absolute atomic E-state index is 13.7. The molecule has 23 nitrogen and oxygen atoms in total. The third-order valence-corrected chi connectivity index (χ3v) is 20.3. The van der Waals surface area contributed by atoms with Crippen LogP contribution < -0.4 is 45.3 Å². The molecule has 16 rings (SSSR count). The predicted molar refractivity (Wildman–Crippen MR) is 408 cm³/mol. The Kier molecular flexibility index (Phi) is 19.5. The second-order valence-corrected chi connectivity index (χ2v) is 27.1. The molecule has 6 N–H and O–H groups in total. The van der Waals surface area contributed by atoms with Crippen LogP contribution in [0, 0.1) is 0 Å². The number of aryl methyl sites for hydroxylation is 2. The van der Waals surface area contributed by atoms with E-state index in [0.29, 0.717) is 66.5 Å². The van der Waals surface area contributed by atoms with E-state index in [1.807, 2.05) is 153 Å². The molecule has 0 radical (unpaired) electrons. The summed E-state index contributed by atoms with van der Waals surface area (Å²) in [6, 6.07) is 55.4. The van der Waals surface area contributed by atoms with Crippen molar-refractivity contribution >= 4 is 148 Å². The molecule has 8 heterocycles. The van der Waals surface area contributed by atoms with Crippen LogP contribution in [0.2, 0.25) is 0 Å². The number of carbonyl (C=O) groups is 6. The lowest BCUT2D eigenvalue weighted by atomic mass is 10.1. The van der Waals surface area contributed by atoms with Gasteiger partial charge in [0, 0.05) is 107 Å². The normalized spacial score (nSPS) is 14.2. The van der Waals surface area contributed by atoms with Crippen molar-refractivity contribution in [3.05, 3.63) is 249 Å². The number of aliphatic imine (C=N–C) groups is 2. The average molecular weight is 1440 g/mol. The number of thiophene rings is 2. The number of phenols is 1. The number of fused-ring (bicyclic) bond motifs is 10. The van der Waals surface area contributed by atoms with Gasteiger partial charge in [-0.3, -0.25) is 39.0 Å². The molecule has 25 heteroatoms. The highest BCUT2D eigenvalue weighted by Gasteiger charge is 2.38. The summed E-state index contributed by atoms with van der Waals surface area (Å²) in [5, 5.41) is 33.4. The molecule has 0 saturated heterocycles. The van der Waals surface area contributed by atoms with Gasteiger partial charge in [-0.15, -0.1) is 22.7 Å². The molecule has 4 amide bonds. The number of hydrogen-bond acceptors (Lipinski definition) is 19. The second kappa shape index (κ2) is 29.6. The van der Waals surface area contributed by atoms with Gasteiger partial charge in [-0.05, 0) is 142 Å². The van der Waals surface area contributed by atoms with Crippen LogP contribution in [0.1, 0.15) is 83.3 Å². The number of aromatic hydroxyl groups is 1. The molecule has 8 aromatic carbocycles. The number of amides is 4. The van der Waals surface area contributed by atoms with Crippen LogP contribution in [0.5, 0.6) is 23.0 Å². The summed E-state index contributed by atoms with van der Waals surface area (Å²) >= 11 is 2.69. The minimum absolute atomic E-state index is 0.0198. The summed E-state index contributed by atoms with van der Waals surface area (Å²) in [6.45, 7) is 0.204. The zero-order valence-electron chi connectivity index (χ0n) is 57.5. The molecule has 105 heavy (non-hydrogen) atoms. The van der Waals surface area contributed by atoms with E-state index in [1.54, 1.807) is 87.8 Å². The summed E-state index contributed by atoms with van der Waals surface area (Å²) < 4.78 is 32.0. The number of methoxy groups -OCH3 is 4. The number of aliphatic hydroxyl groups excluding tert-OH is 1. The number of benzene rings is 8. The first-order valence-electron chi connectivity index (χ1n) is 33.1. The Morgan fingerprint density at radius 2 is 0.981 bits per heavy atom. The van der Waals surface area contributed by atoms with E-state index < -0.39 is 0 Å². The number of nitrogens with one attached hydrogen (secondary N) is 4. The number of para-hydroxylation sites is 2. The largest absolute Gasteiger partial charge is 0.504 e. The number of aliphatic hydroxyl groups is 1. The number of esters is 2. The third-order valence-electron chi connectivity index (χ3n) is 18.1. The Bertz CT molecular complexity index is 5520. The van der Waals surface area contributed by atoms with Crippen LogP contribution >= 0.6 is 22.7 Å². The molecular weight excluding hydrogens is 1370 g/mol. The number of anilines is 8. The summed E-state index contributed by atoms with van der Waals surface area (Å²) in [5.41, 5.74) is 13.0. The van der Waals surface area contributed by atoms with Crippen LogP contribution in [0.4, 0.5) is 56.9 Å². The molecule has 0 fully saturated rings. The molecule has 0 bridgehead atoms. The molecule has 0 spiro atoms. The van der Waals surface area contributed by atoms with Gasteiger partial charge in [-0.25, -0.2) is 9.59 Å². The van der Waals surface area contributed by atoms with Gasteiger partial charge in [-0.1, -0.05) is 60.7 Å². The van der Waals surface area contributed by atoms with E-state index in [1.165, 1.54) is 50.1 Å². The Morgan fingerprint density at radius 1 is 0.505 bits per heavy atom. The predicted octanol–water partition coefficient (Wildman–Crippen LogP) is 15.1. The zero-order valence-corrected chi connectivity index (χ0v) is 59.1. The van der Waals surface area contributed by atoms with Crippen LogP contribution in [0.3, 0.4) is 0 Å². The van der Waals surface area contributed by atoms with Crippen LogP contribution in [0.15, 0.2) is 204 Å². The standard InChI is InChI=1S/C40H33N5O6S.C23H21N3O4S.C17H14N2O3/c1-44-21-28(17-33(44)38(46)43-27-11-12-36-25(14-27)16-37(52-36)40(48)50-3)42-26-9-6-7-23(13-26)22-51-35-19-31-30(18-34(35)49-2)39(47)45-29(20-41-31)15-24-8-4-5-10-32(24)45;1-26-12-18(24-16-5-3-4-14(8-16)13-27)11-19(26)22(28)25-17-6-7-20-15(9-17)10-21(31-20)23(29)30-2;1-22-16-7-12-13(8-15(16)20)18-9-11-6-10-4-2-3-5-14(10)19(11)17(12)21/h4-14,16-21,29,42H,15,22H2,1-3H3,(H,43,46);3-12,24,27H,13H2,1-2H3,(H,25,28);2-5,7-9,11,20H,6H2,1H3/t29-;;11-/m0.0/s1. The van der Waals surface area contributed by atoms with Gasteiger partial charge in [0.05, 0.1) is 81.0 Å². The number of carbonyl (C=O) groups excluding carboxylic acids is 6. The lowest BCUT2D eigenvalue weighted by Crippen LogP contribution is -2.37. The minimum atomic E-state index is -0.389. The Balaban J connectivity index is 0.000000147. The van der Waals surface area contributed by atoms with E-state index in [2.05, 4.69) is 26.3 Å². The van der Waals surface area contributed by atoms with Crippen molar-refractivity contribution in [2.75, 3.05) is 59.5 Å². The van der Waals surface area contributed by atoms with Gasteiger partial charge < -0.3 is 64.3 Å². The van der Waals surface area contributed by atoms with E-state index in [4.69, 9.17) is 28.7 Å². The van der Waals surface area contributed by atoms with Crippen LogP contribution in [0.25, 0.3) is 20.2 Å². The van der Waals surface area contributed by atoms with Gasteiger partial charge in [0.2, 0.25) is 0 Å². The number of hydrogen-bond donors (Lipinski definition) is 6. The lowest BCUT2D eigenvalue weighted by molar-refractivity contribution is 0.0597. The second-order valence-electron chi connectivity index (χ2n) is 24.9. The third kappa shape index (κ3) is 14.4. The Labute approximate surface area is 609 Å². The van der Waals surface area contributed by atoms with Gasteiger partial charge >= 0.3 is 11.9 Å². The average Bonchev–Trinajstić information content (AvgIpc) is 1.63. The number of aromatic nitrogens is 2. The van der Waals surface area contributed by atoms with Crippen molar-refractivity contribution in [3.8, 4) is 23.0 Å². The first kappa shape index (κ1) is 69.3. The zero-order chi connectivity index (χ0) is 73.2. The minimum Gasteiger partial charge on any atom is -0.504 e. The maximum Gasteiger partial charge on any atom is 0.348 e. The van der Waals surface area contributed by atoms with Gasteiger partial charge in [0.1, 0.15) is 27.7 Å². The molecule has 0 saturated carbocycles. The fourth-order valence-corrected chi connectivity index (χ4v) is 14.9. The van der Waals surface area contributed by atoms with Crippen molar-refractivity contribution in [2.45, 2.75) is 38.1 Å². The van der Waals surface area contributed by atoms with E-state index in [-0.39, 0.29) is 72.4 Å². The highest BCUT2D eigenvalue weighted by Crippen LogP contribution is 2.44. The number of nitrogens with zero attached hydrogens (tertiary/aromatic N) is 6. The van der Waals surface area contributed by atoms with E-state index in [9.17, 15) is 39.0 Å². The summed E-state index contributed by atoms with van der Waals surface area (Å²) in [7, 11) is 9.32. The quantitative estimate of drug-likeness (QED) is 0.0491. The topological polar surface area (TPSA) is 278 Å². The SMILES string of the molecule is COC(=O)c1cc2cc(NC(=O)c3cc(Nc4cccc(CO)c4)cn3C)ccc2s1.COC(=O)c1cc2cc(NC(=O)c3cc(Nc4cccc(COc5cc6c(cc5OC)C(=O)N5c7ccccc7C[C@H]5C=N6)c4)cn3C)ccc2s1.COc1cc2c(cc1O)N=C[C@@H]1Cc3ccccc3N1C2=O. The molecule has 2 atom stereocenters. The number of ether oxygens (including phenoxy) is 5. The number of phenolic OH excluding ortho intramolecular Hbond substituents is 1. The van der Waals surface area contributed by atoms with Crippen molar-refractivity contribution in [1.29, 1.82) is 0 Å². The molecule has 0 unspecified atom stereocenters. The summed E-state index contributed by atoms with van der Waals surface area (Å²) in [4.78, 5) is 90.2. The highest BCUT2D eigenvalue weighted by atomic mass is 32.1. The first-order chi connectivity index (χ1) is 50.9. The monoisotopic (exact) mass is 1440 g/mol. The molecule has 4 aliphatic rings. The number of rotatable bonds is 16. The molecule has 0 aliphatic carbocycles. The van der Waals surface area contributed by atoms with E-state index >= 15 is 0 Å². The summed E-state index contributed by atoms with van der Waals surface area (Å²) in [6.07, 6.45) is 8.74. The highest BCUT2D eigenvalue weighted by molar-refractivity contribution is 7.21. The van der Waals surface area contributed by atoms with Crippen LogP contribution in [-0.2, 0) is 49.6 Å². The van der Waals surface area contributed by atoms with Crippen molar-refractivity contribution in [1.82, 2.24) is 9.13 Å². The maximum atomic E-state index is 13.7. The van der Waals surface area contributed by atoms with Crippen molar-refractivity contribution in [3.63, 3.8) is 0 Å². The summed E-state index contributed by atoms with van der Waals surface area (Å²) in [5.74, 6) is -0.355. The fraction of sp³-hybridized carbons (Fsp3) is 0.150. The lowest BCUT2D eigenvalue weighted by Gasteiger charge is -2.22. The van der Waals surface area contributed by atoms with Crippen molar-refractivity contribution in [2.24, 2.45) is 24.1 Å². The molecular formula is C80H68N10O13S2. The van der Waals surface area contributed by atoms with Gasteiger partial charge in [0.25, 0.3) is 23.6 Å². The first-order valence-corrected chi connectivity index (χ1v) is 34.8. The smallest absolute Gasteiger partial charge is 0.348 e. The molecule has 4 aliphatic heterocycles. The van der Waals surface area contributed by atoms with Crippen molar-refractivity contribution < 1.29 is 62.7 Å². The van der Waals surface area contributed by atoms with Crippen LogP contribution in [-0.4, -0.2) is 108 Å². The fourth-order valence-electron chi connectivity index (χ4n) is 13.0. The van der Waals surface area contributed by atoms with Gasteiger partial charge in [0.15, 0.2) is 23.0 Å². The molecule has 4 aromatic heterocycles. The van der Waals surface area contributed by atoms with E-state index in [0.717, 1.165) is 89.4 Å². The molecule has 12 aromatic rings. The molecule has 528 valence electrons. The Hall–Kier alpha value is -12.8.